The SMILES string of the molecule is CC(NCc1ccc2c(c1)OCO2)c1ccco1. The molecule has 18 heavy (non-hydrogen) atoms. The third-order valence-corrected chi connectivity index (χ3v) is 3.02. The molecule has 0 aliphatic carbocycles. The van der Waals surface area contributed by atoms with Crippen LogP contribution in [0.25, 0.3) is 0 Å². The monoisotopic (exact) mass is 245 g/mol. The Kier molecular flexibility index (Phi) is 2.94. The number of rotatable bonds is 4. The van der Waals surface area contributed by atoms with Crippen LogP contribution in [-0.4, -0.2) is 6.79 Å². The van der Waals surface area contributed by atoms with E-state index >= 15 is 0 Å². The van der Waals surface area contributed by atoms with Gasteiger partial charge < -0.3 is 19.2 Å². The Labute approximate surface area is 106 Å². The average Bonchev–Trinajstić information content (AvgIpc) is 3.05. The first-order chi connectivity index (χ1) is 8.83. The normalized spacial score (nSPS) is 14.7. The standard InChI is InChI=1S/C14H15NO3/c1-10(12-3-2-6-16-12)15-8-11-4-5-13-14(7-11)18-9-17-13/h2-7,10,15H,8-9H2,1H3. The molecule has 0 bridgehead atoms. The fraction of sp³-hybridized carbons (Fsp3) is 0.286. The second-order valence-electron chi connectivity index (χ2n) is 4.31. The van der Waals surface area contributed by atoms with Crippen LogP contribution in [0.5, 0.6) is 11.5 Å². The van der Waals surface area contributed by atoms with Crippen LogP contribution in [0.15, 0.2) is 41.0 Å². The summed E-state index contributed by atoms with van der Waals surface area (Å²) in [4.78, 5) is 0. The van der Waals surface area contributed by atoms with Gasteiger partial charge in [0.2, 0.25) is 6.79 Å². The topological polar surface area (TPSA) is 43.6 Å². The van der Waals surface area contributed by atoms with E-state index in [-0.39, 0.29) is 6.04 Å². The van der Waals surface area contributed by atoms with E-state index in [2.05, 4.69) is 12.2 Å². The van der Waals surface area contributed by atoms with Gasteiger partial charge in [0.15, 0.2) is 11.5 Å². The maximum atomic E-state index is 5.35. The molecule has 4 heteroatoms. The fourth-order valence-corrected chi connectivity index (χ4v) is 1.96. The van der Waals surface area contributed by atoms with Crippen LogP contribution in [0.3, 0.4) is 0 Å². The highest BCUT2D eigenvalue weighted by molar-refractivity contribution is 5.44. The van der Waals surface area contributed by atoms with Gasteiger partial charge in [0, 0.05) is 6.54 Å². The van der Waals surface area contributed by atoms with Crippen molar-refractivity contribution < 1.29 is 13.9 Å². The molecule has 2 aromatic rings. The first-order valence-electron chi connectivity index (χ1n) is 5.98. The maximum absolute atomic E-state index is 5.35. The minimum Gasteiger partial charge on any atom is -0.468 e. The zero-order valence-electron chi connectivity index (χ0n) is 10.2. The molecule has 0 spiro atoms. The number of hydrogen-bond donors (Lipinski definition) is 1. The minimum atomic E-state index is 0.186. The van der Waals surface area contributed by atoms with Crippen molar-refractivity contribution >= 4 is 0 Å². The molecule has 1 aliphatic rings. The van der Waals surface area contributed by atoms with Crippen molar-refractivity contribution in [1.82, 2.24) is 5.32 Å². The number of fused-ring (bicyclic) bond motifs is 1. The van der Waals surface area contributed by atoms with Crippen LogP contribution in [0.4, 0.5) is 0 Å². The number of hydrogen-bond acceptors (Lipinski definition) is 4. The van der Waals surface area contributed by atoms with Crippen molar-refractivity contribution in [2.24, 2.45) is 0 Å². The molecule has 3 rings (SSSR count). The molecule has 1 aliphatic heterocycles. The lowest BCUT2D eigenvalue weighted by Gasteiger charge is -2.11. The molecule has 0 saturated carbocycles. The van der Waals surface area contributed by atoms with E-state index in [0.29, 0.717) is 6.79 Å². The van der Waals surface area contributed by atoms with Crippen molar-refractivity contribution in [2.75, 3.05) is 6.79 Å². The van der Waals surface area contributed by atoms with Gasteiger partial charge in [0.05, 0.1) is 12.3 Å². The van der Waals surface area contributed by atoms with Crippen LogP contribution in [0.1, 0.15) is 24.3 Å². The summed E-state index contributed by atoms with van der Waals surface area (Å²) >= 11 is 0. The van der Waals surface area contributed by atoms with E-state index in [1.165, 1.54) is 0 Å². The molecule has 0 amide bonds. The molecule has 0 saturated heterocycles. The molecule has 1 unspecified atom stereocenters. The first-order valence-corrected chi connectivity index (χ1v) is 5.98. The summed E-state index contributed by atoms with van der Waals surface area (Å²) in [5, 5.41) is 3.40. The second-order valence-corrected chi connectivity index (χ2v) is 4.31. The third kappa shape index (κ3) is 2.19. The molecule has 1 N–H and O–H groups in total. The van der Waals surface area contributed by atoms with Crippen molar-refractivity contribution in [3.05, 3.63) is 47.9 Å². The molecule has 1 aromatic carbocycles. The van der Waals surface area contributed by atoms with E-state index < -0.39 is 0 Å². The lowest BCUT2D eigenvalue weighted by atomic mass is 10.2. The Balaban J connectivity index is 1.63. The van der Waals surface area contributed by atoms with Gasteiger partial charge in [0.1, 0.15) is 5.76 Å². The molecule has 1 aromatic heterocycles. The van der Waals surface area contributed by atoms with Gasteiger partial charge in [-0.2, -0.15) is 0 Å². The van der Waals surface area contributed by atoms with Crippen molar-refractivity contribution in [2.45, 2.75) is 19.5 Å². The van der Waals surface area contributed by atoms with Crippen molar-refractivity contribution in [3.8, 4) is 11.5 Å². The van der Waals surface area contributed by atoms with Gasteiger partial charge in [0.25, 0.3) is 0 Å². The highest BCUT2D eigenvalue weighted by Crippen LogP contribution is 2.32. The van der Waals surface area contributed by atoms with Crippen LogP contribution in [0, 0.1) is 0 Å². The fourth-order valence-electron chi connectivity index (χ4n) is 1.96. The molecular formula is C14H15NO3. The Morgan fingerprint density at radius 1 is 1.22 bits per heavy atom. The summed E-state index contributed by atoms with van der Waals surface area (Å²) in [5.74, 6) is 2.58. The highest BCUT2D eigenvalue weighted by Gasteiger charge is 2.13. The molecule has 2 heterocycles. The number of benzene rings is 1. The van der Waals surface area contributed by atoms with Gasteiger partial charge in [-0.1, -0.05) is 6.07 Å². The minimum absolute atomic E-state index is 0.186. The molecule has 4 nitrogen and oxygen atoms in total. The van der Waals surface area contributed by atoms with E-state index in [1.54, 1.807) is 6.26 Å². The van der Waals surface area contributed by atoms with Gasteiger partial charge in [-0.15, -0.1) is 0 Å². The van der Waals surface area contributed by atoms with Crippen molar-refractivity contribution in [3.63, 3.8) is 0 Å². The lowest BCUT2D eigenvalue weighted by Crippen LogP contribution is -2.17. The Hall–Kier alpha value is -1.94. The summed E-state index contributed by atoms with van der Waals surface area (Å²) in [6.45, 7) is 3.15. The highest BCUT2D eigenvalue weighted by atomic mass is 16.7. The molecule has 94 valence electrons. The van der Waals surface area contributed by atoms with Crippen LogP contribution in [0.2, 0.25) is 0 Å². The van der Waals surface area contributed by atoms with E-state index in [1.807, 2.05) is 30.3 Å². The molecule has 0 fully saturated rings. The predicted molar refractivity (Wildman–Crippen MR) is 66.5 cm³/mol. The van der Waals surface area contributed by atoms with E-state index in [4.69, 9.17) is 13.9 Å². The number of furan rings is 1. The number of nitrogens with one attached hydrogen (secondary N) is 1. The van der Waals surface area contributed by atoms with Gasteiger partial charge in [-0.05, 0) is 36.8 Å². The summed E-state index contributed by atoms with van der Waals surface area (Å²) in [6.07, 6.45) is 1.69. The Morgan fingerprint density at radius 3 is 2.94 bits per heavy atom. The zero-order chi connectivity index (χ0) is 12.4. The molecule has 0 radical (unpaired) electrons. The first kappa shape index (κ1) is 11.2. The predicted octanol–water partition coefficient (Wildman–Crippen LogP) is 2.86. The maximum Gasteiger partial charge on any atom is 0.231 e. The van der Waals surface area contributed by atoms with Crippen LogP contribution < -0.4 is 14.8 Å². The van der Waals surface area contributed by atoms with Crippen molar-refractivity contribution in [1.29, 1.82) is 0 Å². The molecular weight excluding hydrogens is 230 g/mol. The summed E-state index contributed by atoms with van der Waals surface area (Å²) < 4.78 is 16.0. The average molecular weight is 245 g/mol. The van der Waals surface area contributed by atoms with E-state index in [0.717, 1.165) is 29.4 Å². The van der Waals surface area contributed by atoms with Crippen LogP contribution in [-0.2, 0) is 6.54 Å². The zero-order valence-corrected chi connectivity index (χ0v) is 10.2. The lowest BCUT2D eigenvalue weighted by molar-refractivity contribution is 0.174. The van der Waals surface area contributed by atoms with Gasteiger partial charge >= 0.3 is 0 Å². The largest absolute Gasteiger partial charge is 0.468 e. The van der Waals surface area contributed by atoms with Gasteiger partial charge in [-0.25, -0.2) is 0 Å². The Bertz CT molecular complexity index is 522. The summed E-state index contributed by atoms with van der Waals surface area (Å²) in [5.41, 5.74) is 1.16. The summed E-state index contributed by atoms with van der Waals surface area (Å²) in [6, 6.07) is 10.0. The van der Waals surface area contributed by atoms with Crippen LogP contribution >= 0.6 is 0 Å². The third-order valence-electron chi connectivity index (χ3n) is 3.02. The summed E-state index contributed by atoms with van der Waals surface area (Å²) in [7, 11) is 0. The van der Waals surface area contributed by atoms with Gasteiger partial charge in [-0.3, -0.25) is 0 Å². The second kappa shape index (κ2) is 4.74. The smallest absolute Gasteiger partial charge is 0.231 e. The molecule has 1 atom stereocenters. The van der Waals surface area contributed by atoms with E-state index in [9.17, 15) is 0 Å². The quantitative estimate of drug-likeness (QED) is 0.899. The Morgan fingerprint density at radius 2 is 2.11 bits per heavy atom. The number of ether oxygens (including phenoxy) is 2.